The monoisotopic (exact) mass is 269 g/mol. The van der Waals surface area contributed by atoms with E-state index in [-0.39, 0.29) is 17.4 Å². The van der Waals surface area contributed by atoms with Crippen LogP contribution in [0.1, 0.15) is 26.7 Å². The summed E-state index contributed by atoms with van der Waals surface area (Å²) in [6.07, 6.45) is 1.37. The van der Waals surface area contributed by atoms with Crippen LogP contribution in [-0.4, -0.2) is 72.7 Å². The first-order chi connectivity index (χ1) is 8.96. The zero-order valence-electron chi connectivity index (χ0n) is 12.2. The lowest BCUT2D eigenvalue weighted by Crippen LogP contribution is -2.50. The van der Waals surface area contributed by atoms with Crippen LogP contribution in [0, 0.1) is 5.41 Å². The molecule has 1 atom stereocenters. The Morgan fingerprint density at radius 3 is 2.68 bits per heavy atom. The molecule has 2 rings (SSSR count). The highest BCUT2D eigenvalue weighted by Crippen LogP contribution is 2.28. The predicted molar refractivity (Wildman–Crippen MR) is 74.9 cm³/mol. The summed E-state index contributed by atoms with van der Waals surface area (Å²) >= 11 is 0. The van der Waals surface area contributed by atoms with Gasteiger partial charge in [-0.25, -0.2) is 0 Å². The average Bonchev–Trinajstić information content (AvgIpc) is 2.48. The highest BCUT2D eigenvalue weighted by Gasteiger charge is 2.30. The molecular weight excluding hydrogens is 242 g/mol. The Labute approximate surface area is 115 Å². The third-order valence-corrected chi connectivity index (χ3v) is 4.05. The molecule has 1 amide bonds. The molecule has 2 aliphatic rings. The Morgan fingerprint density at radius 1 is 1.32 bits per heavy atom. The number of hydrogen-bond donors (Lipinski definition) is 2. The molecule has 19 heavy (non-hydrogen) atoms. The van der Waals surface area contributed by atoms with E-state index in [2.05, 4.69) is 24.1 Å². The van der Waals surface area contributed by atoms with Gasteiger partial charge in [0.15, 0.2) is 0 Å². The fraction of sp³-hybridized carbons (Fsp3) is 0.929. The van der Waals surface area contributed by atoms with Gasteiger partial charge in [-0.15, -0.1) is 0 Å². The molecule has 5 nitrogen and oxygen atoms in total. The Kier molecular flexibility index (Phi) is 4.81. The summed E-state index contributed by atoms with van der Waals surface area (Å²) in [5.41, 5.74) is 0.0830. The maximum Gasteiger partial charge on any atom is 0.236 e. The lowest BCUT2D eigenvalue weighted by Gasteiger charge is -2.32. The molecule has 0 saturated carbocycles. The Balaban J connectivity index is 1.88. The molecule has 2 aliphatic heterocycles. The van der Waals surface area contributed by atoms with Crippen LogP contribution in [-0.2, 0) is 4.79 Å². The normalized spacial score (nSPS) is 29.0. The van der Waals surface area contributed by atoms with Crippen molar-refractivity contribution >= 4 is 5.91 Å². The minimum atomic E-state index is -0.228. The standard InChI is InChI=1S/C14H27N3O2/c1-14(2)9-12(18)3-6-16(11-14)10-13(19)17-7-4-15-5-8-17/h12,15,18H,3-11H2,1-2H3. The van der Waals surface area contributed by atoms with Gasteiger partial charge < -0.3 is 15.3 Å². The number of aliphatic hydroxyl groups is 1. The third kappa shape index (κ3) is 4.44. The molecule has 2 N–H and O–H groups in total. The quantitative estimate of drug-likeness (QED) is 0.735. The number of nitrogens with zero attached hydrogens (tertiary/aromatic N) is 2. The molecule has 0 aromatic heterocycles. The van der Waals surface area contributed by atoms with Crippen molar-refractivity contribution in [1.29, 1.82) is 0 Å². The van der Waals surface area contributed by atoms with Gasteiger partial charge in [-0.1, -0.05) is 13.8 Å². The lowest BCUT2D eigenvalue weighted by molar-refractivity contribution is -0.133. The number of hydrogen-bond acceptors (Lipinski definition) is 4. The van der Waals surface area contributed by atoms with Crippen LogP contribution >= 0.6 is 0 Å². The van der Waals surface area contributed by atoms with Crippen molar-refractivity contribution in [2.24, 2.45) is 5.41 Å². The van der Waals surface area contributed by atoms with Crippen molar-refractivity contribution in [2.45, 2.75) is 32.8 Å². The van der Waals surface area contributed by atoms with Crippen LogP contribution in [0.3, 0.4) is 0 Å². The second-order valence-electron chi connectivity index (χ2n) is 6.65. The number of amides is 1. The first-order valence-electron chi connectivity index (χ1n) is 7.35. The van der Waals surface area contributed by atoms with Crippen molar-refractivity contribution in [3.63, 3.8) is 0 Å². The summed E-state index contributed by atoms with van der Waals surface area (Å²) in [5, 5.41) is 13.2. The van der Waals surface area contributed by atoms with E-state index < -0.39 is 0 Å². The van der Waals surface area contributed by atoms with E-state index in [9.17, 15) is 9.90 Å². The summed E-state index contributed by atoms with van der Waals surface area (Å²) in [7, 11) is 0. The third-order valence-electron chi connectivity index (χ3n) is 4.05. The Hall–Kier alpha value is -0.650. The maximum absolute atomic E-state index is 12.3. The second kappa shape index (κ2) is 6.20. The van der Waals surface area contributed by atoms with Gasteiger partial charge in [0.05, 0.1) is 12.6 Å². The molecule has 5 heteroatoms. The number of likely N-dealkylation sites (tertiary alicyclic amines) is 1. The van der Waals surface area contributed by atoms with Crippen LogP contribution in [0.4, 0.5) is 0 Å². The van der Waals surface area contributed by atoms with E-state index in [1.807, 2.05) is 4.90 Å². The van der Waals surface area contributed by atoms with Gasteiger partial charge in [0.25, 0.3) is 0 Å². The summed E-state index contributed by atoms with van der Waals surface area (Å²) in [6.45, 7) is 9.98. The fourth-order valence-electron chi connectivity index (χ4n) is 3.16. The lowest BCUT2D eigenvalue weighted by atomic mass is 9.87. The zero-order chi connectivity index (χ0) is 13.9. The number of aliphatic hydroxyl groups excluding tert-OH is 1. The van der Waals surface area contributed by atoms with Gasteiger partial charge in [0, 0.05) is 39.3 Å². The highest BCUT2D eigenvalue weighted by atomic mass is 16.3. The van der Waals surface area contributed by atoms with Crippen molar-refractivity contribution < 1.29 is 9.90 Å². The first-order valence-corrected chi connectivity index (χ1v) is 7.35. The first kappa shape index (κ1) is 14.8. The summed E-state index contributed by atoms with van der Waals surface area (Å²) < 4.78 is 0. The van der Waals surface area contributed by atoms with Crippen LogP contribution in [0.2, 0.25) is 0 Å². The number of rotatable bonds is 2. The van der Waals surface area contributed by atoms with E-state index in [4.69, 9.17) is 0 Å². The van der Waals surface area contributed by atoms with E-state index in [1.54, 1.807) is 0 Å². The van der Waals surface area contributed by atoms with Crippen molar-refractivity contribution in [1.82, 2.24) is 15.1 Å². The van der Waals surface area contributed by atoms with Gasteiger partial charge in [0.1, 0.15) is 0 Å². The molecule has 0 aromatic carbocycles. The Morgan fingerprint density at radius 2 is 2.00 bits per heavy atom. The summed E-state index contributed by atoms with van der Waals surface area (Å²) in [4.78, 5) is 16.4. The number of nitrogens with one attached hydrogen (secondary N) is 1. The van der Waals surface area contributed by atoms with Crippen LogP contribution in [0.25, 0.3) is 0 Å². The molecule has 0 spiro atoms. The Bertz CT molecular complexity index is 314. The van der Waals surface area contributed by atoms with Crippen LogP contribution < -0.4 is 5.32 Å². The molecule has 2 heterocycles. The van der Waals surface area contributed by atoms with Gasteiger partial charge in [-0.2, -0.15) is 0 Å². The molecule has 1 unspecified atom stereocenters. The minimum Gasteiger partial charge on any atom is -0.393 e. The van der Waals surface area contributed by atoms with E-state index >= 15 is 0 Å². The molecule has 0 radical (unpaired) electrons. The summed E-state index contributed by atoms with van der Waals surface area (Å²) in [6, 6.07) is 0. The smallest absolute Gasteiger partial charge is 0.236 e. The topological polar surface area (TPSA) is 55.8 Å². The van der Waals surface area contributed by atoms with Gasteiger partial charge in [-0.3, -0.25) is 9.69 Å². The number of carbonyl (C=O) groups is 1. The fourth-order valence-corrected chi connectivity index (χ4v) is 3.16. The van der Waals surface area contributed by atoms with Crippen LogP contribution in [0.15, 0.2) is 0 Å². The molecule has 0 aromatic rings. The van der Waals surface area contributed by atoms with E-state index in [0.717, 1.165) is 52.1 Å². The molecule has 0 aliphatic carbocycles. The largest absolute Gasteiger partial charge is 0.393 e. The van der Waals surface area contributed by atoms with E-state index in [0.29, 0.717) is 6.54 Å². The number of piperazine rings is 1. The zero-order valence-corrected chi connectivity index (χ0v) is 12.2. The summed E-state index contributed by atoms with van der Waals surface area (Å²) in [5.74, 6) is 0.230. The van der Waals surface area contributed by atoms with E-state index in [1.165, 1.54) is 0 Å². The van der Waals surface area contributed by atoms with Gasteiger partial charge in [0.2, 0.25) is 5.91 Å². The minimum absolute atomic E-state index is 0.0830. The van der Waals surface area contributed by atoms with Gasteiger partial charge >= 0.3 is 0 Å². The molecular formula is C14H27N3O2. The van der Waals surface area contributed by atoms with Gasteiger partial charge in [-0.05, 0) is 18.3 Å². The van der Waals surface area contributed by atoms with Crippen molar-refractivity contribution in [3.05, 3.63) is 0 Å². The molecule has 2 fully saturated rings. The molecule has 110 valence electrons. The second-order valence-corrected chi connectivity index (χ2v) is 6.65. The highest BCUT2D eigenvalue weighted by molar-refractivity contribution is 5.78. The van der Waals surface area contributed by atoms with Crippen molar-refractivity contribution in [2.75, 3.05) is 45.8 Å². The SMILES string of the molecule is CC1(C)CC(O)CCN(CC(=O)N2CCNCC2)C1. The average molecular weight is 269 g/mol. The molecule has 2 saturated heterocycles. The molecule has 0 bridgehead atoms. The van der Waals surface area contributed by atoms with Crippen LogP contribution in [0.5, 0.6) is 0 Å². The van der Waals surface area contributed by atoms with Crippen molar-refractivity contribution in [3.8, 4) is 0 Å². The predicted octanol–water partition coefficient (Wildman–Crippen LogP) is -0.0989. The maximum atomic E-state index is 12.3. The number of carbonyl (C=O) groups excluding carboxylic acids is 1.